The smallest absolute Gasteiger partial charge is 0.217 e. The Morgan fingerprint density at radius 3 is 3.12 bits per heavy atom. The zero-order valence-corrected chi connectivity index (χ0v) is 8.91. The van der Waals surface area contributed by atoms with Crippen molar-refractivity contribution in [1.82, 2.24) is 5.32 Å². The fourth-order valence-corrected chi connectivity index (χ4v) is 1.36. The zero-order chi connectivity index (χ0) is 11.4. The van der Waals surface area contributed by atoms with E-state index in [0.29, 0.717) is 6.54 Å². The second-order valence-corrected chi connectivity index (χ2v) is 3.38. The van der Waals surface area contributed by atoms with Crippen LogP contribution in [0.2, 0.25) is 0 Å². The van der Waals surface area contributed by atoms with Crippen molar-refractivity contribution < 1.29 is 9.21 Å². The Morgan fingerprint density at radius 1 is 1.44 bits per heavy atom. The summed E-state index contributed by atoms with van der Waals surface area (Å²) in [6, 6.07) is 7.64. The molecule has 80 valence electrons. The number of hydrogen-bond donors (Lipinski definition) is 1. The first-order valence-corrected chi connectivity index (χ1v) is 4.96. The predicted molar refractivity (Wildman–Crippen MR) is 61.8 cm³/mol. The van der Waals surface area contributed by atoms with Gasteiger partial charge < -0.3 is 9.73 Å². The average Bonchev–Trinajstić information content (AvgIpc) is 2.71. The second-order valence-electron chi connectivity index (χ2n) is 3.38. The van der Waals surface area contributed by atoms with Gasteiger partial charge in [0.2, 0.25) is 5.91 Å². The quantitative estimate of drug-likeness (QED) is 0.735. The van der Waals surface area contributed by atoms with Crippen molar-refractivity contribution in [2.24, 2.45) is 0 Å². The van der Waals surface area contributed by atoms with E-state index in [1.165, 1.54) is 6.92 Å². The van der Waals surface area contributed by atoms with Gasteiger partial charge in [-0.05, 0) is 24.3 Å². The third kappa shape index (κ3) is 2.43. The van der Waals surface area contributed by atoms with E-state index >= 15 is 0 Å². The zero-order valence-electron chi connectivity index (χ0n) is 8.91. The Morgan fingerprint density at radius 2 is 2.31 bits per heavy atom. The Kier molecular flexibility index (Phi) is 2.93. The lowest BCUT2D eigenvalue weighted by atomic mass is 10.2. The van der Waals surface area contributed by atoms with Crippen LogP contribution in [0.4, 0.5) is 0 Å². The molecule has 0 unspecified atom stereocenters. The van der Waals surface area contributed by atoms with E-state index in [1.54, 1.807) is 6.26 Å². The summed E-state index contributed by atoms with van der Waals surface area (Å²) in [5.74, 6) is 5.78. The standard InChI is InChI=1S/C13H11NO2/c1-10(15)14-7-2-3-11-4-5-13-12(9-11)6-8-16-13/h4-6,8-9H,7H2,1H3,(H,14,15). The Bertz CT molecular complexity index is 572. The van der Waals surface area contributed by atoms with Crippen LogP contribution in [0.3, 0.4) is 0 Å². The maximum absolute atomic E-state index is 10.6. The Labute approximate surface area is 93.4 Å². The average molecular weight is 213 g/mol. The summed E-state index contributed by atoms with van der Waals surface area (Å²) in [6.45, 7) is 1.85. The van der Waals surface area contributed by atoms with Crippen LogP contribution >= 0.6 is 0 Å². The second kappa shape index (κ2) is 4.54. The van der Waals surface area contributed by atoms with Crippen molar-refractivity contribution in [2.45, 2.75) is 6.92 Å². The lowest BCUT2D eigenvalue weighted by Gasteiger charge is -1.92. The summed E-state index contributed by atoms with van der Waals surface area (Å²) in [6.07, 6.45) is 1.65. The number of fused-ring (bicyclic) bond motifs is 1. The van der Waals surface area contributed by atoms with Crippen LogP contribution in [-0.4, -0.2) is 12.5 Å². The number of amides is 1. The molecule has 1 aromatic heterocycles. The molecular weight excluding hydrogens is 202 g/mol. The van der Waals surface area contributed by atoms with Crippen molar-refractivity contribution in [3.05, 3.63) is 36.1 Å². The number of furan rings is 1. The van der Waals surface area contributed by atoms with Gasteiger partial charge in [0, 0.05) is 17.9 Å². The predicted octanol–water partition coefficient (Wildman–Crippen LogP) is 1.92. The van der Waals surface area contributed by atoms with Crippen molar-refractivity contribution in [1.29, 1.82) is 0 Å². The van der Waals surface area contributed by atoms with Gasteiger partial charge in [-0.2, -0.15) is 0 Å². The van der Waals surface area contributed by atoms with Crippen molar-refractivity contribution >= 4 is 16.9 Å². The van der Waals surface area contributed by atoms with Crippen LogP contribution in [0.15, 0.2) is 34.9 Å². The molecular formula is C13H11NO2. The fourth-order valence-electron chi connectivity index (χ4n) is 1.36. The molecule has 3 heteroatoms. The van der Waals surface area contributed by atoms with Crippen molar-refractivity contribution in [2.75, 3.05) is 6.54 Å². The minimum absolute atomic E-state index is 0.0698. The lowest BCUT2D eigenvalue weighted by Crippen LogP contribution is -2.19. The molecule has 0 bridgehead atoms. The Balaban J connectivity index is 2.11. The van der Waals surface area contributed by atoms with E-state index in [-0.39, 0.29) is 5.91 Å². The van der Waals surface area contributed by atoms with Crippen molar-refractivity contribution in [3.8, 4) is 11.8 Å². The molecule has 0 saturated carbocycles. The van der Waals surface area contributed by atoms with Gasteiger partial charge in [-0.3, -0.25) is 4.79 Å². The molecule has 16 heavy (non-hydrogen) atoms. The van der Waals surface area contributed by atoms with E-state index in [2.05, 4.69) is 17.2 Å². The van der Waals surface area contributed by atoms with Gasteiger partial charge >= 0.3 is 0 Å². The van der Waals surface area contributed by atoms with Gasteiger partial charge in [-0.15, -0.1) is 0 Å². The molecule has 0 aliphatic carbocycles. The highest BCUT2D eigenvalue weighted by Crippen LogP contribution is 2.16. The third-order valence-electron chi connectivity index (χ3n) is 2.11. The molecule has 0 aliphatic heterocycles. The Hall–Kier alpha value is -2.21. The molecule has 1 amide bonds. The molecule has 1 heterocycles. The summed E-state index contributed by atoms with van der Waals surface area (Å²) >= 11 is 0. The van der Waals surface area contributed by atoms with Gasteiger partial charge in [-0.1, -0.05) is 11.8 Å². The molecule has 3 nitrogen and oxygen atoms in total. The summed E-state index contributed by atoms with van der Waals surface area (Å²) in [7, 11) is 0. The largest absolute Gasteiger partial charge is 0.464 e. The third-order valence-corrected chi connectivity index (χ3v) is 2.11. The molecule has 1 N–H and O–H groups in total. The summed E-state index contributed by atoms with van der Waals surface area (Å²) < 4.78 is 5.22. The van der Waals surface area contributed by atoms with Crippen LogP contribution in [-0.2, 0) is 4.79 Å². The number of rotatable bonds is 1. The summed E-state index contributed by atoms with van der Waals surface area (Å²) in [4.78, 5) is 10.6. The molecule has 0 atom stereocenters. The maximum Gasteiger partial charge on any atom is 0.217 e. The first-order chi connectivity index (χ1) is 7.75. The molecule has 0 spiro atoms. The molecule has 0 saturated heterocycles. The van der Waals surface area contributed by atoms with Crippen LogP contribution in [0, 0.1) is 11.8 Å². The van der Waals surface area contributed by atoms with Gasteiger partial charge in [0.25, 0.3) is 0 Å². The molecule has 2 aromatic rings. The molecule has 0 radical (unpaired) electrons. The van der Waals surface area contributed by atoms with E-state index in [9.17, 15) is 4.79 Å². The summed E-state index contributed by atoms with van der Waals surface area (Å²) in [5.41, 5.74) is 1.77. The summed E-state index contributed by atoms with van der Waals surface area (Å²) in [5, 5.41) is 3.65. The van der Waals surface area contributed by atoms with Gasteiger partial charge in [-0.25, -0.2) is 0 Å². The lowest BCUT2D eigenvalue weighted by molar-refractivity contribution is -0.118. The highest BCUT2D eigenvalue weighted by Gasteiger charge is 1.95. The van der Waals surface area contributed by atoms with Crippen LogP contribution in [0.5, 0.6) is 0 Å². The number of hydrogen-bond acceptors (Lipinski definition) is 2. The maximum atomic E-state index is 10.6. The van der Waals surface area contributed by atoms with Gasteiger partial charge in [0.05, 0.1) is 12.8 Å². The number of carbonyl (C=O) groups is 1. The normalized spacial score (nSPS) is 9.56. The van der Waals surface area contributed by atoms with Crippen LogP contribution in [0.25, 0.3) is 11.0 Å². The highest BCUT2D eigenvalue weighted by molar-refractivity contribution is 5.78. The SMILES string of the molecule is CC(=O)NCC#Cc1ccc2occc2c1. The highest BCUT2D eigenvalue weighted by atomic mass is 16.3. The minimum atomic E-state index is -0.0698. The first kappa shape index (κ1) is 10.3. The number of carbonyl (C=O) groups excluding carboxylic acids is 1. The van der Waals surface area contributed by atoms with Gasteiger partial charge in [0.1, 0.15) is 5.58 Å². The van der Waals surface area contributed by atoms with Gasteiger partial charge in [0.15, 0.2) is 0 Å². The van der Waals surface area contributed by atoms with Crippen molar-refractivity contribution in [3.63, 3.8) is 0 Å². The molecule has 0 aliphatic rings. The topological polar surface area (TPSA) is 42.2 Å². The fraction of sp³-hybridized carbons (Fsp3) is 0.154. The molecule has 2 rings (SSSR count). The van der Waals surface area contributed by atoms with E-state index < -0.39 is 0 Å². The van der Waals surface area contributed by atoms with E-state index in [1.807, 2.05) is 24.3 Å². The minimum Gasteiger partial charge on any atom is -0.464 e. The first-order valence-electron chi connectivity index (χ1n) is 4.96. The molecule has 0 fully saturated rings. The van der Waals surface area contributed by atoms with Crippen LogP contribution in [0.1, 0.15) is 12.5 Å². The van der Waals surface area contributed by atoms with E-state index in [0.717, 1.165) is 16.5 Å². The number of benzene rings is 1. The molecule has 1 aromatic carbocycles. The number of nitrogens with one attached hydrogen (secondary N) is 1. The monoisotopic (exact) mass is 213 g/mol. The van der Waals surface area contributed by atoms with Crippen LogP contribution < -0.4 is 5.32 Å². The van der Waals surface area contributed by atoms with E-state index in [4.69, 9.17) is 4.42 Å².